The SMILES string of the molecule is CNC(c1cc(C)c(OC)cc1C)c1ccc(Br)cc1Br. The highest BCUT2D eigenvalue weighted by atomic mass is 79.9. The zero-order valence-corrected chi connectivity index (χ0v) is 15.8. The standard InChI is InChI=1S/C17H19Br2NO/c1-10-8-16(21-4)11(2)7-14(10)17(20-3)13-6-5-12(18)9-15(13)19/h5-9,17,20H,1-4H3. The fraction of sp³-hybridized carbons (Fsp3) is 0.294. The molecule has 0 fully saturated rings. The first-order chi connectivity index (χ1) is 9.97. The van der Waals surface area contributed by atoms with E-state index in [0.717, 1.165) is 20.3 Å². The van der Waals surface area contributed by atoms with Gasteiger partial charge in [-0.1, -0.05) is 44.0 Å². The maximum atomic E-state index is 5.40. The Kier molecular flexibility index (Phi) is 5.47. The van der Waals surface area contributed by atoms with E-state index in [0.29, 0.717) is 0 Å². The zero-order valence-electron chi connectivity index (χ0n) is 12.6. The third kappa shape index (κ3) is 3.50. The number of aryl methyl sites for hydroxylation is 2. The van der Waals surface area contributed by atoms with Gasteiger partial charge in [-0.2, -0.15) is 0 Å². The van der Waals surface area contributed by atoms with Crippen molar-refractivity contribution in [2.24, 2.45) is 0 Å². The van der Waals surface area contributed by atoms with E-state index in [1.54, 1.807) is 7.11 Å². The van der Waals surface area contributed by atoms with Crippen molar-refractivity contribution in [1.29, 1.82) is 0 Å². The minimum atomic E-state index is 0.136. The summed E-state index contributed by atoms with van der Waals surface area (Å²) < 4.78 is 7.56. The van der Waals surface area contributed by atoms with E-state index in [1.165, 1.54) is 16.7 Å². The number of benzene rings is 2. The lowest BCUT2D eigenvalue weighted by molar-refractivity contribution is 0.411. The number of hydrogen-bond acceptors (Lipinski definition) is 2. The Bertz CT molecular complexity index is 655. The van der Waals surface area contributed by atoms with Crippen LogP contribution in [0.4, 0.5) is 0 Å². The molecule has 4 heteroatoms. The number of hydrogen-bond donors (Lipinski definition) is 1. The maximum Gasteiger partial charge on any atom is 0.122 e. The Morgan fingerprint density at radius 2 is 1.71 bits per heavy atom. The molecule has 1 atom stereocenters. The van der Waals surface area contributed by atoms with Crippen molar-refractivity contribution in [1.82, 2.24) is 5.32 Å². The molecule has 0 saturated heterocycles. The second-order valence-electron chi connectivity index (χ2n) is 5.07. The molecule has 0 aromatic heterocycles. The van der Waals surface area contributed by atoms with E-state index in [2.05, 4.69) is 81.4 Å². The average molecular weight is 413 g/mol. The van der Waals surface area contributed by atoms with E-state index in [9.17, 15) is 0 Å². The first-order valence-electron chi connectivity index (χ1n) is 6.75. The van der Waals surface area contributed by atoms with Crippen LogP contribution in [0.25, 0.3) is 0 Å². The van der Waals surface area contributed by atoms with E-state index in [-0.39, 0.29) is 6.04 Å². The smallest absolute Gasteiger partial charge is 0.122 e. The molecule has 0 aliphatic heterocycles. The van der Waals surface area contributed by atoms with Crippen molar-refractivity contribution < 1.29 is 4.74 Å². The van der Waals surface area contributed by atoms with Crippen LogP contribution in [0.5, 0.6) is 5.75 Å². The molecule has 0 heterocycles. The van der Waals surface area contributed by atoms with Gasteiger partial charge in [0.1, 0.15) is 5.75 Å². The molecule has 0 spiro atoms. The molecule has 1 N–H and O–H groups in total. The Hall–Kier alpha value is -0.840. The molecule has 2 rings (SSSR count). The van der Waals surface area contributed by atoms with Crippen LogP contribution in [0, 0.1) is 13.8 Å². The Morgan fingerprint density at radius 3 is 2.29 bits per heavy atom. The summed E-state index contributed by atoms with van der Waals surface area (Å²) in [7, 11) is 3.69. The maximum absolute atomic E-state index is 5.40. The molecular formula is C17H19Br2NO. The van der Waals surface area contributed by atoms with Crippen molar-refractivity contribution >= 4 is 31.9 Å². The van der Waals surface area contributed by atoms with Crippen molar-refractivity contribution in [2.75, 3.05) is 14.2 Å². The summed E-state index contributed by atoms with van der Waals surface area (Å²) in [5, 5.41) is 3.41. The van der Waals surface area contributed by atoms with E-state index >= 15 is 0 Å². The van der Waals surface area contributed by atoms with E-state index in [4.69, 9.17) is 4.74 Å². The van der Waals surface area contributed by atoms with Crippen LogP contribution in [0.1, 0.15) is 28.3 Å². The summed E-state index contributed by atoms with van der Waals surface area (Å²) in [4.78, 5) is 0. The van der Waals surface area contributed by atoms with Gasteiger partial charge in [0.25, 0.3) is 0 Å². The molecule has 21 heavy (non-hydrogen) atoms. The summed E-state index contributed by atoms with van der Waals surface area (Å²) in [6.45, 7) is 4.19. The largest absolute Gasteiger partial charge is 0.496 e. The molecule has 2 nitrogen and oxygen atoms in total. The fourth-order valence-corrected chi connectivity index (χ4v) is 3.83. The minimum absolute atomic E-state index is 0.136. The van der Waals surface area contributed by atoms with Gasteiger partial charge in [0.15, 0.2) is 0 Å². The Morgan fingerprint density at radius 1 is 1.00 bits per heavy atom. The highest BCUT2D eigenvalue weighted by Crippen LogP contribution is 2.34. The molecule has 0 aliphatic carbocycles. The molecule has 0 amide bonds. The van der Waals surface area contributed by atoms with Gasteiger partial charge in [-0.05, 0) is 61.3 Å². The van der Waals surface area contributed by atoms with Crippen LogP contribution in [-0.2, 0) is 0 Å². The number of ether oxygens (including phenoxy) is 1. The molecule has 0 bridgehead atoms. The van der Waals surface area contributed by atoms with Crippen molar-refractivity contribution in [3.05, 3.63) is 61.5 Å². The lowest BCUT2D eigenvalue weighted by Crippen LogP contribution is -2.19. The molecule has 2 aromatic rings. The van der Waals surface area contributed by atoms with Crippen LogP contribution >= 0.6 is 31.9 Å². The highest BCUT2D eigenvalue weighted by Gasteiger charge is 2.18. The van der Waals surface area contributed by atoms with Gasteiger partial charge < -0.3 is 10.1 Å². The summed E-state index contributed by atoms with van der Waals surface area (Å²) in [5.41, 5.74) is 4.84. The monoisotopic (exact) mass is 411 g/mol. The minimum Gasteiger partial charge on any atom is -0.496 e. The lowest BCUT2D eigenvalue weighted by Gasteiger charge is -2.22. The lowest BCUT2D eigenvalue weighted by atomic mass is 9.93. The van der Waals surface area contributed by atoms with E-state index < -0.39 is 0 Å². The first-order valence-corrected chi connectivity index (χ1v) is 8.34. The topological polar surface area (TPSA) is 21.3 Å². The second-order valence-corrected chi connectivity index (χ2v) is 6.84. The molecule has 2 aromatic carbocycles. The average Bonchev–Trinajstić information content (AvgIpc) is 2.45. The third-order valence-corrected chi connectivity index (χ3v) is 4.84. The third-order valence-electron chi connectivity index (χ3n) is 3.66. The molecule has 0 aliphatic rings. The van der Waals surface area contributed by atoms with Gasteiger partial charge in [0.05, 0.1) is 13.2 Å². The van der Waals surface area contributed by atoms with Gasteiger partial charge in [-0.3, -0.25) is 0 Å². The van der Waals surface area contributed by atoms with E-state index in [1.807, 2.05) is 7.05 Å². The van der Waals surface area contributed by atoms with Crippen LogP contribution in [0.15, 0.2) is 39.3 Å². The normalized spacial score (nSPS) is 12.3. The zero-order chi connectivity index (χ0) is 15.6. The predicted molar refractivity (Wildman–Crippen MR) is 95.2 cm³/mol. The molecular weight excluding hydrogens is 394 g/mol. The molecule has 1 unspecified atom stereocenters. The Labute approximate surface area is 143 Å². The van der Waals surface area contributed by atoms with Crippen molar-refractivity contribution in [2.45, 2.75) is 19.9 Å². The molecule has 0 radical (unpaired) electrons. The van der Waals surface area contributed by atoms with Gasteiger partial charge >= 0.3 is 0 Å². The van der Waals surface area contributed by atoms with Crippen molar-refractivity contribution in [3.8, 4) is 5.75 Å². The predicted octanol–water partition coefficient (Wildman–Crippen LogP) is 5.15. The number of nitrogens with one attached hydrogen (secondary N) is 1. The van der Waals surface area contributed by atoms with Crippen LogP contribution < -0.4 is 10.1 Å². The quantitative estimate of drug-likeness (QED) is 0.749. The van der Waals surface area contributed by atoms with Gasteiger partial charge in [-0.25, -0.2) is 0 Å². The molecule has 0 saturated carbocycles. The van der Waals surface area contributed by atoms with Crippen LogP contribution in [0.3, 0.4) is 0 Å². The van der Waals surface area contributed by atoms with Gasteiger partial charge in [-0.15, -0.1) is 0 Å². The number of rotatable bonds is 4. The van der Waals surface area contributed by atoms with Crippen LogP contribution in [0.2, 0.25) is 0 Å². The number of methoxy groups -OCH3 is 1. The second kappa shape index (κ2) is 6.95. The van der Waals surface area contributed by atoms with Gasteiger partial charge in [0.2, 0.25) is 0 Å². The number of halogens is 2. The van der Waals surface area contributed by atoms with Crippen molar-refractivity contribution in [3.63, 3.8) is 0 Å². The first kappa shape index (κ1) is 16.5. The van der Waals surface area contributed by atoms with Crippen LogP contribution in [-0.4, -0.2) is 14.2 Å². The highest BCUT2D eigenvalue weighted by molar-refractivity contribution is 9.11. The summed E-state index contributed by atoms with van der Waals surface area (Å²) >= 11 is 7.16. The molecule has 112 valence electrons. The summed E-state index contributed by atoms with van der Waals surface area (Å²) in [6.07, 6.45) is 0. The fourth-order valence-electron chi connectivity index (χ4n) is 2.56. The Balaban J connectivity index is 2.53. The summed E-state index contributed by atoms with van der Waals surface area (Å²) in [6, 6.07) is 10.7. The van der Waals surface area contributed by atoms with Gasteiger partial charge in [0, 0.05) is 8.95 Å². The summed E-state index contributed by atoms with van der Waals surface area (Å²) in [5.74, 6) is 0.931.